The lowest BCUT2D eigenvalue weighted by Crippen LogP contribution is -2.41. The average molecular weight is 225 g/mol. The van der Waals surface area contributed by atoms with Gasteiger partial charge in [0.25, 0.3) is 6.43 Å². The molecule has 88 valence electrons. The van der Waals surface area contributed by atoms with Gasteiger partial charge in [0.2, 0.25) is 0 Å². The molecule has 1 unspecified atom stereocenters. The molecule has 0 radical (unpaired) electrons. The molecule has 1 aliphatic rings. The first-order valence-electron chi connectivity index (χ1n) is 5.71. The first kappa shape index (κ1) is 11.5. The maximum absolute atomic E-state index is 12.9. The quantitative estimate of drug-likeness (QED) is 0.822. The second-order valence-corrected chi connectivity index (χ2v) is 4.73. The summed E-state index contributed by atoms with van der Waals surface area (Å²) >= 11 is 0. The van der Waals surface area contributed by atoms with Crippen LogP contribution in [0.5, 0.6) is 0 Å². The van der Waals surface area contributed by atoms with Gasteiger partial charge in [-0.15, -0.1) is 0 Å². The Labute approximate surface area is 94.7 Å². The summed E-state index contributed by atoms with van der Waals surface area (Å²) in [5.74, 6) is 0. The second kappa shape index (κ2) is 4.13. The van der Waals surface area contributed by atoms with Gasteiger partial charge >= 0.3 is 0 Å². The fourth-order valence-corrected chi connectivity index (χ4v) is 2.40. The normalized spacial score (nSPS) is 19.3. The first-order chi connectivity index (χ1) is 7.53. The van der Waals surface area contributed by atoms with E-state index in [0.717, 1.165) is 31.2 Å². The Morgan fingerprint density at radius 3 is 2.62 bits per heavy atom. The van der Waals surface area contributed by atoms with Crippen LogP contribution in [0.2, 0.25) is 0 Å². The average Bonchev–Trinajstić information content (AvgIpc) is 2.28. The number of hydrogen-bond acceptors (Lipinski definition) is 1. The van der Waals surface area contributed by atoms with Crippen LogP contribution in [0.15, 0.2) is 18.2 Å². The zero-order valence-electron chi connectivity index (χ0n) is 9.47. The van der Waals surface area contributed by atoms with Gasteiger partial charge < -0.3 is 5.73 Å². The zero-order chi connectivity index (χ0) is 11.8. The highest BCUT2D eigenvalue weighted by molar-refractivity contribution is 5.41. The Hall–Kier alpha value is -0.960. The molecule has 1 nitrogen and oxygen atoms in total. The van der Waals surface area contributed by atoms with Gasteiger partial charge in [0.05, 0.1) is 5.54 Å². The molecule has 1 aromatic carbocycles. The second-order valence-electron chi connectivity index (χ2n) is 4.73. The van der Waals surface area contributed by atoms with E-state index in [0.29, 0.717) is 5.56 Å². The van der Waals surface area contributed by atoms with Gasteiger partial charge in [0.1, 0.15) is 0 Å². The van der Waals surface area contributed by atoms with E-state index in [1.807, 2.05) is 12.1 Å². The number of fused-ring (bicyclic) bond motifs is 1. The number of benzene rings is 1. The summed E-state index contributed by atoms with van der Waals surface area (Å²) < 4.78 is 25.9. The number of halogens is 2. The molecule has 1 aliphatic carbocycles. The molecule has 0 saturated heterocycles. The molecule has 0 fully saturated rings. The van der Waals surface area contributed by atoms with E-state index in [1.165, 1.54) is 12.5 Å². The minimum atomic E-state index is -2.53. The van der Waals surface area contributed by atoms with Gasteiger partial charge in [-0.3, -0.25) is 0 Å². The van der Waals surface area contributed by atoms with E-state index in [2.05, 4.69) is 0 Å². The molecule has 0 spiro atoms. The number of hydrogen-bond donors (Lipinski definition) is 1. The molecule has 1 aromatic rings. The fourth-order valence-electron chi connectivity index (χ4n) is 2.40. The summed E-state index contributed by atoms with van der Waals surface area (Å²) in [6.07, 6.45) is 1.56. The molecule has 0 aliphatic heterocycles. The van der Waals surface area contributed by atoms with Gasteiger partial charge in [-0.05, 0) is 49.3 Å². The van der Waals surface area contributed by atoms with Crippen molar-refractivity contribution in [1.29, 1.82) is 0 Å². The molecule has 0 heterocycles. The van der Waals surface area contributed by atoms with E-state index in [1.54, 1.807) is 6.07 Å². The molecular formula is C13H17F2N. The summed E-state index contributed by atoms with van der Waals surface area (Å²) in [5.41, 5.74) is 7.10. The maximum Gasteiger partial charge on any atom is 0.260 e. The van der Waals surface area contributed by atoms with Crippen LogP contribution in [0.25, 0.3) is 0 Å². The molecular weight excluding hydrogens is 208 g/mol. The molecule has 0 saturated carbocycles. The summed E-state index contributed by atoms with van der Waals surface area (Å²) in [4.78, 5) is 0. The van der Waals surface area contributed by atoms with Crippen molar-refractivity contribution < 1.29 is 8.78 Å². The number of rotatable bonds is 2. The lowest BCUT2D eigenvalue weighted by molar-refractivity contribution is 0.0619. The summed E-state index contributed by atoms with van der Waals surface area (Å²) in [6.45, 7) is 1.42. The highest BCUT2D eigenvalue weighted by atomic mass is 19.3. The van der Waals surface area contributed by atoms with E-state index < -0.39 is 12.0 Å². The van der Waals surface area contributed by atoms with E-state index in [4.69, 9.17) is 5.73 Å². The Bertz CT molecular complexity index is 386. The van der Waals surface area contributed by atoms with Crippen LogP contribution < -0.4 is 5.73 Å². The first-order valence-corrected chi connectivity index (χ1v) is 5.71. The molecule has 1 atom stereocenters. The minimum absolute atomic E-state index is 0.625. The third-order valence-corrected chi connectivity index (χ3v) is 3.43. The number of alkyl halides is 2. The van der Waals surface area contributed by atoms with E-state index in [9.17, 15) is 8.78 Å². The number of aryl methyl sites for hydroxylation is 1. The predicted octanol–water partition coefficient (Wildman–Crippen LogP) is 3.00. The van der Waals surface area contributed by atoms with Crippen molar-refractivity contribution in [3.05, 3.63) is 34.9 Å². The smallest absolute Gasteiger partial charge is 0.260 e. The zero-order valence-corrected chi connectivity index (χ0v) is 9.47. The van der Waals surface area contributed by atoms with E-state index in [-0.39, 0.29) is 0 Å². The van der Waals surface area contributed by atoms with Gasteiger partial charge in [-0.25, -0.2) is 8.78 Å². The molecule has 3 heteroatoms. The molecule has 0 amide bonds. The van der Waals surface area contributed by atoms with Gasteiger partial charge in [0, 0.05) is 0 Å². The van der Waals surface area contributed by atoms with Gasteiger partial charge in [-0.2, -0.15) is 0 Å². The van der Waals surface area contributed by atoms with Crippen LogP contribution in [0.4, 0.5) is 8.78 Å². The highest BCUT2D eigenvalue weighted by Gasteiger charge is 2.35. The van der Waals surface area contributed by atoms with Gasteiger partial charge in [-0.1, -0.05) is 18.2 Å². The summed E-state index contributed by atoms with van der Waals surface area (Å²) in [5, 5.41) is 0. The van der Waals surface area contributed by atoms with Crippen molar-refractivity contribution in [1.82, 2.24) is 0 Å². The van der Waals surface area contributed by atoms with Crippen molar-refractivity contribution in [2.75, 3.05) is 0 Å². The lowest BCUT2D eigenvalue weighted by Gasteiger charge is -2.29. The molecule has 0 aromatic heterocycles. The monoisotopic (exact) mass is 225 g/mol. The molecule has 2 rings (SSSR count). The third kappa shape index (κ3) is 1.84. The number of nitrogens with two attached hydrogens (primary N) is 1. The Morgan fingerprint density at radius 1 is 1.25 bits per heavy atom. The largest absolute Gasteiger partial charge is 0.317 e. The van der Waals surface area contributed by atoms with Crippen LogP contribution in [-0.4, -0.2) is 6.43 Å². The van der Waals surface area contributed by atoms with Crippen molar-refractivity contribution in [3.8, 4) is 0 Å². The standard InChI is InChI=1S/C13H17F2N/c1-13(16,12(14)15)11-8-4-6-9-5-2-3-7-10(9)11/h4,6,8,12H,2-3,5,7,16H2,1H3. The van der Waals surface area contributed by atoms with Crippen LogP contribution in [0.1, 0.15) is 36.5 Å². The Morgan fingerprint density at radius 2 is 1.94 bits per heavy atom. The summed E-state index contributed by atoms with van der Waals surface area (Å²) in [6, 6.07) is 5.61. The van der Waals surface area contributed by atoms with Crippen molar-refractivity contribution in [3.63, 3.8) is 0 Å². The topological polar surface area (TPSA) is 26.0 Å². The van der Waals surface area contributed by atoms with Crippen molar-refractivity contribution in [2.45, 2.75) is 44.6 Å². The van der Waals surface area contributed by atoms with Crippen LogP contribution >= 0.6 is 0 Å². The van der Waals surface area contributed by atoms with Crippen LogP contribution in [0.3, 0.4) is 0 Å². The summed E-state index contributed by atoms with van der Waals surface area (Å²) in [7, 11) is 0. The van der Waals surface area contributed by atoms with Gasteiger partial charge in [0.15, 0.2) is 0 Å². The van der Waals surface area contributed by atoms with E-state index >= 15 is 0 Å². The van der Waals surface area contributed by atoms with Crippen molar-refractivity contribution >= 4 is 0 Å². The highest BCUT2D eigenvalue weighted by Crippen LogP contribution is 2.33. The Balaban J connectivity index is 2.49. The predicted molar refractivity (Wildman–Crippen MR) is 60.6 cm³/mol. The lowest BCUT2D eigenvalue weighted by atomic mass is 9.81. The molecule has 0 bridgehead atoms. The van der Waals surface area contributed by atoms with Crippen LogP contribution in [0, 0.1) is 0 Å². The maximum atomic E-state index is 12.9. The minimum Gasteiger partial charge on any atom is -0.317 e. The molecule has 16 heavy (non-hydrogen) atoms. The van der Waals surface area contributed by atoms with Crippen LogP contribution in [-0.2, 0) is 18.4 Å². The molecule has 2 N–H and O–H groups in total. The van der Waals surface area contributed by atoms with Crippen molar-refractivity contribution in [2.24, 2.45) is 5.73 Å². The fraction of sp³-hybridized carbons (Fsp3) is 0.538. The third-order valence-electron chi connectivity index (χ3n) is 3.43. The SMILES string of the molecule is CC(N)(c1cccc2c1CCCC2)C(F)F. The Kier molecular flexibility index (Phi) is 2.98.